The molecule has 1 saturated heterocycles. The number of nitrogens with zero attached hydrogens (tertiary/aromatic N) is 5. The first kappa shape index (κ1) is 20.1. The quantitative estimate of drug-likeness (QED) is 0.650. The summed E-state index contributed by atoms with van der Waals surface area (Å²) in [6.45, 7) is 1.02. The lowest BCUT2D eigenvalue weighted by Gasteiger charge is -2.33. The zero-order valence-electron chi connectivity index (χ0n) is 16.3. The lowest BCUT2D eigenvalue weighted by atomic mass is 9.94. The number of hydrogen-bond donors (Lipinski definition) is 0. The summed E-state index contributed by atoms with van der Waals surface area (Å²) in [6.07, 6.45) is -1.49. The smallest absolute Gasteiger partial charge is 0.453 e. The van der Waals surface area contributed by atoms with Crippen LogP contribution >= 0.6 is 0 Å². The van der Waals surface area contributed by atoms with Gasteiger partial charge in [-0.3, -0.25) is 4.79 Å². The van der Waals surface area contributed by atoms with Crippen molar-refractivity contribution in [1.82, 2.24) is 24.5 Å². The second kappa shape index (κ2) is 7.92. The molecule has 0 radical (unpaired) electrons. The summed E-state index contributed by atoms with van der Waals surface area (Å²) in [5.74, 6) is -0.819. The largest absolute Gasteiger partial charge is 0.497 e. The molecule has 0 N–H and O–H groups in total. The molecule has 0 spiro atoms. The number of likely N-dealkylation sites (tertiary alicyclic amines) is 1. The highest BCUT2D eigenvalue weighted by atomic mass is 19.4. The summed E-state index contributed by atoms with van der Waals surface area (Å²) in [7, 11) is 1.57. The molecule has 0 unspecified atom stereocenters. The van der Waals surface area contributed by atoms with Gasteiger partial charge in [-0.1, -0.05) is 12.1 Å². The van der Waals surface area contributed by atoms with Gasteiger partial charge in [0, 0.05) is 25.2 Å². The molecule has 30 heavy (non-hydrogen) atoms. The first-order chi connectivity index (χ1) is 14.3. The van der Waals surface area contributed by atoms with Crippen molar-refractivity contribution in [2.45, 2.75) is 31.4 Å². The first-order valence-electron chi connectivity index (χ1n) is 9.54. The van der Waals surface area contributed by atoms with Crippen molar-refractivity contribution in [3.8, 4) is 5.75 Å². The number of rotatable bonds is 4. The lowest BCUT2D eigenvalue weighted by Crippen LogP contribution is -2.40. The third-order valence-electron chi connectivity index (χ3n) is 5.21. The molecule has 0 bridgehead atoms. The van der Waals surface area contributed by atoms with Gasteiger partial charge in [0.25, 0.3) is 11.6 Å². The van der Waals surface area contributed by atoms with Crippen LogP contribution in [-0.2, 0) is 17.4 Å². The maximum atomic E-state index is 13.0. The molecule has 158 valence electrons. The van der Waals surface area contributed by atoms with E-state index >= 15 is 0 Å². The number of aromatic nitrogens is 4. The van der Waals surface area contributed by atoms with Gasteiger partial charge in [0.2, 0.25) is 5.91 Å². The zero-order chi connectivity index (χ0) is 21.3. The van der Waals surface area contributed by atoms with Gasteiger partial charge in [-0.15, -0.1) is 5.10 Å². The highest BCUT2D eigenvalue weighted by Crippen LogP contribution is 2.30. The van der Waals surface area contributed by atoms with Gasteiger partial charge in [-0.25, -0.2) is 9.50 Å². The monoisotopic (exact) mass is 419 g/mol. The van der Waals surface area contributed by atoms with E-state index in [0.717, 1.165) is 22.9 Å². The van der Waals surface area contributed by atoms with Crippen LogP contribution in [0.25, 0.3) is 5.78 Å². The highest BCUT2D eigenvalue weighted by molar-refractivity contribution is 5.79. The van der Waals surface area contributed by atoms with E-state index in [1.807, 2.05) is 24.3 Å². The van der Waals surface area contributed by atoms with E-state index in [1.54, 1.807) is 18.1 Å². The average Bonchev–Trinajstić information content (AvgIpc) is 3.19. The summed E-state index contributed by atoms with van der Waals surface area (Å²) < 4.78 is 45.3. The minimum absolute atomic E-state index is 0.0344. The number of methoxy groups -OCH3 is 1. The summed E-state index contributed by atoms with van der Waals surface area (Å²) in [5.41, 5.74) is 1.42. The van der Waals surface area contributed by atoms with E-state index in [1.165, 1.54) is 6.20 Å². The first-order valence-corrected chi connectivity index (χ1v) is 9.54. The number of halogens is 3. The SMILES string of the molecule is COc1cccc(CC(=O)N2CCC[C@@H](c3ccnc4nc(C(F)(F)F)nn34)C2)c1. The van der Waals surface area contributed by atoms with Gasteiger partial charge in [-0.2, -0.15) is 18.2 Å². The van der Waals surface area contributed by atoms with Crippen LogP contribution in [0.4, 0.5) is 13.2 Å². The Bertz CT molecular complexity index is 1070. The second-order valence-electron chi connectivity index (χ2n) is 7.22. The molecule has 7 nitrogen and oxygen atoms in total. The van der Waals surface area contributed by atoms with Gasteiger partial charge in [0.15, 0.2) is 0 Å². The third-order valence-corrected chi connectivity index (χ3v) is 5.21. The number of ether oxygens (including phenoxy) is 1. The lowest BCUT2D eigenvalue weighted by molar-refractivity contribution is -0.144. The molecule has 1 aliphatic heterocycles. The van der Waals surface area contributed by atoms with Gasteiger partial charge >= 0.3 is 6.18 Å². The Kier molecular flexibility index (Phi) is 5.31. The van der Waals surface area contributed by atoms with Gasteiger partial charge in [0.1, 0.15) is 5.75 Å². The fraction of sp³-hybridized carbons (Fsp3) is 0.400. The van der Waals surface area contributed by atoms with Crippen molar-refractivity contribution in [2.24, 2.45) is 0 Å². The van der Waals surface area contributed by atoms with Crippen LogP contribution in [-0.4, -0.2) is 50.6 Å². The van der Waals surface area contributed by atoms with Crippen LogP contribution < -0.4 is 4.74 Å². The Balaban J connectivity index is 1.54. The Morgan fingerprint density at radius 3 is 2.90 bits per heavy atom. The second-order valence-corrected chi connectivity index (χ2v) is 7.22. The molecule has 0 saturated carbocycles. The minimum Gasteiger partial charge on any atom is -0.497 e. The molecule has 1 fully saturated rings. The molecule has 1 amide bonds. The van der Waals surface area contributed by atoms with Crippen LogP contribution in [0.3, 0.4) is 0 Å². The topological polar surface area (TPSA) is 72.6 Å². The van der Waals surface area contributed by atoms with E-state index in [0.29, 0.717) is 24.5 Å². The maximum absolute atomic E-state index is 13.0. The summed E-state index contributed by atoms with van der Waals surface area (Å²) in [4.78, 5) is 22.0. The van der Waals surface area contributed by atoms with Crippen LogP contribution in [0.2, 0.25) is 0 Å². The molecule has 1 atom stereocenters. The average molecular weight is 419 g/mol. The molecular weight excluding hydrogens is 399 g/mol. The van der Waals surface area contributed by atoms with Gasteiger partial charge in [-0.05, 0) is 36.6 Å². The molecule has 1 aromatic carbocycles. The van der Waals surface area contributed by atoms with Gasteiger partial charge in [0.05, 0.1) is 19.2 Å². The van der Waals surface area contributed by atoms with Crippen molar-refractivity contribution in [3.05, 3.63) is 53.6 Å². The highest BCUT2D eigenvalue weighted by Gasteiger charge is 2.37. The van der Waals surface area contributed by atoms with Crippen molar-refractivity contribution in [3.63, 3.8) is 0 Å². The number of amides is 1. The maximum Gasteiger partial charge on any atom is 0.453 e. The predicted octanol–water partition coefficient (Wildman–Crippen LogP) is 3.10. The number of benzene rings is 1. The molecule has 3 aromatic rings. The summed E-state index contributed by atoms with van der Waals surface area (Å²) in [6, 6.07) is 8.97. The number of carbonyl (C=O) groups is 1. The third kappa shape index (κ3) is 4.07. The fourth-order valence-corrected chi connectivity index (χ4v) is 3.75. The standard InChI is InChI=1S/C20H20F3N5O2/c1-30-15-6-2-4-13(10-15)11-17(29)27-9-3-5-14(12-27)16-7-8-24-19-25-18(20(21,22)23)26-28(16)19/h2,4,6-8,10,14H,3,5,9,11-12H2,1H3/t14-/m1/s1. The van der Waals surface area contributed by atoms with Crippen molar-refractivity contribution >= 4 is 11.7 Å². The van der Waals surface area contributed by atoms with Gasteiger partial charge < -0.3 is 9.64 Å². The molecule has 1 aliphatic rings. The Morgan fingerprint density at radius 1 is 1.30 bits per heavy atom. The Morgan fingerprint density at radius 2 is 2.13 bits per heavy atom. The molecule has 3 heterocycles. The van der Waals surface area contributed by atoms with E-state index in [2.05, 4.69) is 15.1 Å². The number of carbonyl (C=O) groups excluding carboxylic acids is 1. The van der Waals surface area contributed by atoms with E-state index in [9.17, 15) is 18.0 Å². The summed E-state index contributed by atoms with van der Waals surface area (Å²) in [5, 5.41) is 3.62. The van der Waals surface area contributed by atoms with Crippen LogP contribution in [0.1, 0.15) is 35.8 Å². The van der Waals surface area contributed by atoms with E-state index < -0.39 is 12.0 Å². The fourth-order valence-electron chi connectivity index (χ4n) is 3.75. The molecule has 4 rings (SSSR count). The molecule has 0 aliphatic carbocycles. The van der Waals surface area contributed by atoms with Crippen LogP contribution in [0.15, 0.2) is 36.5 Å². The van der Waals surface area contributed by atoms with Crippen molar-refractivity contribution in [2.75, 3.05) is 20.2 Å². The van der Waals surface area contributed by atoms with E-state index in [-0.39, 0.29) is 24.0 Å². The van der Waals surface area contributed by atoms with E-state index in [4.69, 9.17) is 4.74 Å². The molecule has 2 aromatic heterocycles. The number of fused-ring (bicyclic) bond motifs is 1. The Hall–Kier alpha value is -3.17. The number of alkyl halides is 3. The number of hydrogen-bond acceptors (Lipinski definition) is 5. The van der Waals surface area contributed by atoms with Crippen LogP contribution in [0, 0.1) is 0 Å². The zero-order valence-corrected chi connectivity index (χ0v) is 16.3. The predicted molar refractivity (Wildman–Crippen MR) is 101 cm³/mol. The summed E-state index contributed by atoms with van der Waals surface area (Å²) >= 11 is 0. The normalized spacial score (nSPS) is 17.3. The van der Waals surface area contributed by atoms with Crippen molar-refractivity contribution in [1.29, 1.82) is 0 Å². The molecule has 10 heteroatoms. The molecular formula is C20H20F3N5O2. The van der Waals surface area contributed by atoms with Crippen molar-refractivity contribution < 1.29 is 22.7 Å². The Labute approximate surface area is 170 Å². The number of piperidine rings is 1. The van der Waals surface area contributed by atoms with Crippen LogP contribution in [0.5, 0.6) is 5.75 Å². The minimum atomic E-state index is -4.64.